The monoisotopic (exact) mass is 431 g/mol. The molecule has 1 aliphatic heterocycles. The lowest BCUT2D eigenvalue weighted by molar-refractivity contribution is -0.0378. The molecule has 0 N–H and O–H groups in total. The first-order valence-electron chi connectivity index (χ1n) is 10.8. The van der Waals surface area contributed by atoms with Crippen molar-refractivity contribution in [2.45, 2.75) is 38.8 Å². The molecule has 2 bridgehead atoms. The molecule has 0 radical (unpaired) electrons. The van der Waals surface area contributed by atoms with Crippen LogP contribution in [0.3, 0.4) is 0 Å². The molecule has 2 atom stereocenters. The van der Waals surface area contributed by atoms with Gasteiger partial charge in [0.15, 0.2) is 0 Å². The zero-order chi connectivity index (χ0) is 22.7. The normalized spacial score (nSPS) is 19.0. The van der Waals surface area contributed by atoms with Crippen LogP contribution >= 0.6 is 0 Å². The summed E-state index contributed by atoms with van der Waals surface area (Å²) in [5.41, 5.74) is 4.43. The summed E-state index contributed by atoms with van der Waals surface area (Å²) in [6.45, 7) is 3.90. The van der Waals surface area contributed by atoms with Crippen molar-refractivity contribution in [2.24, 2.45) is 0 Å². The van der Waals surface area contributed by atoms with Crippen LogP contribution in [0.25, 0.3) is 5.57 Å². The fourth-order valence-electron chi connectivity index (χ4n) is 4.62. The van der Waals surface area contributed by atoms with E-state index in [4.69, 9.17) is 9.47 Å². The van der Waals surface area contributed by atoms with Crippen LogP contribution in [0.4, 0.5) is 9.59 Å². The highest BCUT2D eigenvalue weighted by molar-refractivity contribution is 5.87. The van der Waals surface area contributed by atoms with Crippen molar-refractivity contribution < 1.29 is 19.1 Å². The number of hydrazine groups is 1. The van der Waals surface area contributed by atoms with Gasteiger partial charge in [-0.2, -0.15) is 5.26 Å². The van der Waals surface area contributed by atoms with Gasteiger partial charge in [-0.05, 0) is 61.1 Å². The SMILES string of the molecule is CCOC(=O)N1C2CCC(C2=C(c2ccccc2)c2ccc(C#N)cc2)N1C(=O)OCC. The third kappa shape index (κ3) is 3.69. The lowest BCUT2D eigenvalue weighted by Gasteiger charge is -2.35. The molecule has 2 aromatic rings. The number of benzene rings is 2. The summed E-state index contributed by atoms with van der Waals surface area (Å²) in [5, 5.41) is 12.0. The number of rotatable bonds is 4. The molecule has 164 valence electrons. The van der Waals surface area contributed by atoms with Crippen LogP contribution in [-0.2, 0) is 9.47 Å². The molecule has 1 heterocycles. The number of carbonyl (C=O) groups excluding carboxylic acids is 2. The maximum Gasteiger partial charge on any atom is 0.429 e. The second-order valence-electron chi connectivity index (χ2n) is 7.58. The van der Waals surface area contributed by atoms with Crippen molar-refractivity contribution in [1.82, 2.24) is 10.0 Å². The van der Waals surface area contributed by atoms with Crippen molar-refractivity contribution in [1.29, 1.82) is 5.26 Å². The maximum absolute atomic E-state index is 12.9. The van der Waals surface area contributed by atoms with Crippen LogP contribution in [-0.4, -0.2) is 47.5 Å². The Morgan fingerprint density at radius 1 is 0.875 bits per heavy atom. The molecule has 4 rings (SSSR count). The minimum Gasteiger partial charge on any atom is -0.448 e. The van der Waals surface area contributed by atoms with Crippen molar-refractivity contribution in [3.8, 4) is 6.07 Å². The topological polar surface area (TPSA) is 82.9 Å². The van der Waals surface area contributed by atoms with E-state index in [1.807, 2.05) is 42.5 Å². The van der Waals surface area contributed by atoms with Crippen LogP contribution < -0.4 is 0 Å². The molecule has 2 fully saturated rings. The Bertz CT molecular complexity index is 1040. The molecule has 7 nitrogen and oxygen atoms in total. The van der Waals surface area contributed by atoms with Crippen LogP contribution in [0.2, 0.25) is 0 Å². The summed E-state index contributed by atoms with van der Waals surface area (Å²) in [5.74, 6) is 0. The highest BCUT2D eigenvalue weighted by Crippen LogP contribution is 2.47. The van der Waals surface area contributed by atoms with Gasteiger partial charge >= 0.3 is 12.2 Å². The van der Waals surface area contributed by atoms with Gasteiger partial charge in [-0.15, -0.1) is 0 Å². The molecular weight excluding hydrogens is 406 g/mol. The molecule has 32 heavy (non-hydrogen) atoms. The molecule has 2 amide bonds. The van der Waals surface area contributed by atoms with E-state index in [0.717, 1.165) is 35.1 Å². The Balaban J connectivity index is 1.90. The highest BCUT2D eigenvalue weighted by Gasteiger charge is 2.55. The van der Waals surface area contributed by atoms with Crippen molar-refractivity contribution in [2.75, 3.05) is 13.2 Å². The molecular formula is C25H25N3O4. The summed E-state index contributed by atoms with van der Waals surface area (Å²) in [4.78, 5) is 25.7. The molecule has 1 aliphatic carbocycles. The third-order valence-electron chi connectivity index (χ3n) is 5.82. The van der Waals surface area contributed by atoms with Crippen LogP contribution in [0.5, 0.6) is 0 Å². The molecule has 7 heteroatoms. The minimum atomic E-state index is -0.558. The Hall–Kier alpha value is -3.79. The third-order valence-corrected chi connectivity index (χ3v) is 5.82. The van der Waals surface area contributed by atoms with Crippen molar-refractivity contribution in [3.63, 3.8) is 0 Å². The van der Waals surface area contributed by atoms with Gasteiger partial charge in [0.05, 0.1) is 36.9 Å². The van der Waals surface area contributed by atoms with E-state index in [2.05, 4.69) is 6.07 Å². The van der Waals surface area contributed by atoms with Gasteiger partial charge in [0, 0.05) is 0 Å². The van der Waals surface area contributed by atoms with E-state index in [1.54, 1.807) is 26.0 Å². The van der Waals surface area contributed by atoms with E-state index >= 15 is 0 Å². The lowest BCUT2D eigenvalue weighted by Crippen LogP contribution is -2.53. The summed E-state index contributed by atoms with van der Waals surface area (Å²) in [6.07, 6.45) is 0.331. The predicted molar refractivity (Wildman–Crippen MR) is 118 cm³/mol. The Labute approximate surface area is 187 Å². The summed E-state index contributed by atoms with van der Waals surface area (Å²) < 4.78 is 10.6. The minimum absolute atomic E-state index is 0.212. The zero-order valence-electron chi connectivity index (χ0n) is 18.2. The van der Waals surface area contributed by atoms with Gasteiger partial charge in [-0.1, -0.05) is 42.5 Å². The van der Waals surface area contributed by atoms with E-state index in [-0.39, 0.29) is 25.3 Å². The summed E-state index contributed by atoms with van der Waals surface area (Å²) >= 11 is 0. The molecule has 2 aliphatic rings. The lowest BCUT2D eigenvalue weighted by atomic mass is 9.89. The Morgan fingerprint density at radius 2 is 1.38 bits per heavy atom. The van der Waals surface area contributed by atoms with Crippen LogP contribution in [0.15, 0.2) is 60.2 Å². The average Bonchev–Trinajstić information content (AvgIpc) is 3.37. The van der Waals surface area contributed by atoms with E-state index < -0.39 is 12.2 Å². The summed E-state index contributed by atoms with van der Waals surface area (Å²) in [7, 11) is 0. The first-order valence-corrected chi connectivity index (χ1v) is 10.8. The molecule has 2 aromatic carbocycles. The van der Waals surface area contributed by atoms with Gasteiger partial charge in [0.1, 0.15) is 0 Å². The van der Waals surface area contributed by atoms with Gasteiger partial charge < -0.3 is 9.47 Å². The number of fused-ring (bicyclic) bond motifs is 2. The van der Waals surface area contributed by atoms with Crippen LogP contribution in [0, 0.1) is 11.3 Å². The summed E-state index contributed by atoms with van der Waals surface area (Å²) in [6, 6.07) is 18.8. The number of ether oxygens (including phenoxy) is 2. The molecule has 0 aromatic heterocycles. The standard InChI is InChI=1S/C25H25N3O4/c1-3-31-24(29)27-20-14-15-21(28(27)25(30)32-4-2)23(20)22(18-8-6-5-7-9-18)19-12-10-17(16-26)11-13-19/h5-13,20-21H,3-4,14-15H2,1-2H3. The number of hydrogen-bond acceptors (Lipinski definition) is 5. The average molecular weight is 431 g/mol. The molecule has 1 saturated carbocycles. The quantitative estimate of drug-likeness (QED) is 0.698. The van der Waals surface area contributed by atoms with Crippen molar-refractivity contribution >= 4 is 17.8 Å². The molecule has 2 unspecified atom stereocenters. The second-order valence-corrected chi connectivity index (χ2v) is 7.58. The fraction of sp³-hybridized carbons (Fsp3) is 0.320. The van der Waals surface area contributed by atoms with Crippen molar-refractivity contribution in [3.05, 3.63) is 76.9 Å². The number of carbonyl (C=O) groups is 2. The number of amides is 2. The second kappa shape index (κ2) is 9.15. The number of hydrogen-bond donors (Lipinski definition) is 0. The molecule has 1 saturated heterocycles. The van der Waals surface area contributed by atoms with E-state index in [9.17, 15) is 14.9 Å². The zero-order valence-corrected chi connectivity index (χ0v) is 18.2. The van der Waals surface area contributed by atoms with Gasteiger partial charge in [-0.25, -0.2) is 19.6 Å². The first kappa shape index (κ1) is 21.4. The van der Waals surface area contributed by atoms with E-state index in [1.165, 1.54) is 10.0 Å². The first-order chi connectivity index (χ1) is 15.6. The largest absolute Gasteiger partial charge is 0.448 e. The number of nitriles is 1. The number of nitrogens with zero attached hydrogens (tertiary/aromatic N) is 3. The van der Waals surface area contributed by atoms with E-state index in [0.29, 0.717) is 5.56 Å². The molecule has 0 spiro atoms. The predicted octanol–water partition coefficient (Wildman–Crippen LogP) is 4.74. The van der Waals surface area contributed by atoms with Gasteiger partial charge in [0.2, 0.25) is 0 Å². The van der Waals surface area contributed by atoms with Crippen LogP contribution in [0.1, 0.15) is 43.4 Å². The van der Waals surface area contributed by atoms with Gasteiger partial charge in [0.25, 0.3) is 0 Å². The smallest absolute Gasteiger partial charge is 0.429 e. The van der Waals surface area contributed by atoms with Gasteiger partial charge in [-0.3, -0.25) is 0 Å². The Kier molecular flexibility index (Phi) is 6.13. The Morgan fingerprint density at radius 3 is 1.84 bits per heavy atom. The fourth-order valence-corrected chi connectivity index (χ4v) is 4.62. The maximum atomic E-state index is 12.9. The highest BCUT2D eigenvalue weighted by atomic mass is 16.6.